The van der Waals surface area contributed by atoms with Crippen molar-refractivity contribution in [2.75, 3.05) is 19.0 Å². The first kappa shape index (κ1) is 20.8. The number of fused-ring (bicyclic) bond motifs is 1. The fourth-order valence-electron chi connectivity index (χ4n) is 3.65. The number of nitrogens with one attached hydrogen (secondary N) is 1. The second-order valence-corrected chi connectivity index (χ2v) is 10.2. The van der Waals surface area contributed by atoms with Crippen LogP contribution in [0.25, 0.3) is 10.2 Å². The van der Waals surface area contributed by atoms with Crippen LogP contribution in [0.2, 0.25) is 0 Å². The third kappa shape index (κ3) is 3.92. The molecule has 0 aliphatic carbocycles. The Bertz CT molecular complexity index is 1170. The minimum absolute atomic E-state index is 0.0113. The molecule has 9 heteroatoms. The highest BCUT2D eigenvalue weighted by atomic mass is 32.2. The van der Waals surface area contributed by atoms with Gasteiger partial charge >= 0.3 is 0 Å². The van der Waals surface area contributed by atoms with Gasteiger partial charge in [0.25, 0.3) is 5.91 Å². The number of thiazole rings is 1. The minimum Gasteiger partial charge on any atom is -0.494 e. The second-order valence-electron chi connectivity index (χ2n) is 7.27. The van der Waals surface area contributed by atoms with Gasteiger partial charge in [-0.2, -0.15) is 4.31 Å². The smallest absolute Gasteiger partial charge is 0.257 e. The molecule has 0 bridgehead atoms. The Balaban J connectivity index is 1.52. The van der Waals surface area contributed by atoms with E-state index in [4.69, 9.17) is 4.74 Å². The van der Waals surface area contributed by atoms with Crippen LogP contribution in [-0.2, 0) is 10.0 Å². The van der Waals surface area contributed by atoms with Gasteiger partial charge in [0.1, 0.15) is 11.3 Å². The summed E-state index contributed by atoms with van der Waals surface area (Å²) in [5.41, 5.74) is 1.06. The SMILES string of the molecule is COc1cccc2sc(NC(=O)c3ccc(S(=O)(=O)N4CCCCC4C)cc3)nc12. The van der Waals surface area contributed by atoms with Crippen molar-refractivity contribution >= 4 is 42.6 Å². The maximum atomic E-state index is 12.9. The van der Waals surface area contributed by atoms with Crippen LogP contribution in [0.4, 0.5) is 5.13 Å². The fraction of sp³-hybridized carbons (Fsp3) is 0.333. The molecule has 2 heterocycles. The third-order valence-electron chi connectivity index (χ3n) is 5.29. The van der Waals surface area contributed by atoms with E-state index in [2.05, 4.69) is 10.3 Å². The molecular weight excluding hydrogens is 422 g/mol. The molecule has 1 fully saturated rings. The van der Waals surface area contributed by atoms with Gasteiger partial charge in [-0.05, 0) is 56.2 Å². The summed E-state index contributed by atoms with van der Waals surface area (Å²) < 4.78 is 33.6. The highest BCUT2D eigenvalue weighted by Gasteiger charge is 2.30. The summed E-state index contributed by atoms with van der Waals surface area (Å²) in [4.78, 5) is 17.3. The fourth-order valence-corrected chi connectivity index (χ4v) is 6.23. The largest absolute Gasteiger partial charge is 0.494 e. The average Bonchev–Trinajstić information content (AvgIpc) is 3.16. The topological polar surface area (TPSA) is 88.6 Å². The van der Waals surface area contributed by atoms with E-state index in [-0.39, 0.29) is 16.8 Å². The molecule has 1 aliphatic rings. The standard InChI is InChI=1S/C21H23N3O4S2/c1-14-6-3-4-13-24(14)30(26,27)16-11-9-15(10-12-16)20(25)23-21-22-19-17(28-2)7-5-8-18(19)29-21/h5,7-12,14H,3-4,6,13H2,1-2H3,(H,22,23,25). The zero-order valence-corrected chi connectivity index (χ0v) is 18.4. The number of amides is 1. The van der Waals surface area contributed by atoms with Crippen molar-refractivity contribution < 1.29 is 17.9 Å². The maximum Gasteiger partial charge on any atom is 0.257 e. The van der Waals surface area contributed by atoms with Crippen LogP contribution < -0.4 is 10.1 Å². The van der Waals surface area contributed by atoms with Crippen molar-refractivity contribution in [1.29, 1.82) is 0 Å². The summed E-state index contributed by atoms with van der Waals surface area (Å²) in [6.07, 6.45) is 2.79. The van der Waals surface area contributed by atoms with Crippen LogP contribution in [0.1, 0.15) is 36.5 Å². The Kier molecular flexibility index (Phi) is 5.77. The number of anilines is 1. The van der Waals surface area contributed by atoms with Crippen LogP contribution in [0, 0.1) is 0 Å². The van der Waals surface area contributed by atoms with Gasteiger partial charge in [-0.1, -0.05) is 23.8 Å². The number of piperidine rings is 1. The van der Waals surface area contributed by atoms with Crippen molar-refractivity contribution in [1.82, 2.24) is 9.29 Å². The lowest BCUT2D eigenvalue weighted by Crippen LogP contribution is -2.41. The van der Waals surface area contributed by atoms with Crippen molar-refractivity contribution in [2.45, 2.75) is 37.1 Å². The average molecular weight is 446 g/mol. The number of aromatic nitrogens is 1. The minimum atomic E-state index is -3.56. The first-order chi connectivity index (χ1) is 14.4. The van der Waals surface area contributed by atoms with Gasteiger partial charge in [0.05, 0.1) is 16.7 Å². The zero-order chi connectivity index (χ0) is 21.3. The van der Waals surface area contributed by atoms with Crippen LogP contribution in [0.5, 0.6) is 5.75 Å². The van der Waals surface area contributed by atoms with Gasteiger partial charge in [0.15, 0.2) is 5.13 Å². The van der Waals surface area contributed by atoms with Crippen molar-refractivity contribution in [2.24, 2.45) is 0 Å². The van der Waals surface area contributed by atoms with E-state index in [1.54, 1.807) is 11.4 Å². The quantitative estimate of drug-likeness (QED) is 0.638. The number of hydrogen-bond acceptors (Lipinski definition) is 6. The van der Waals surface area contributed by atoms with Crippen LogP contribution in [0.3, 0.4) is 0 Å². The summed E-state index contributed by atoms with van der Waals surface area (Å²) in [6.45, 7) is 2.47. The molecule has 1 amide bonds. The number of carbonyl (C=O) groups is 1. The number of sulfonamides is 1. The van der Waals surface area contributed by atoms with E-state index in [0.717, 1.165) is 24.0 Å². The molecule has 1 aliphatic heterocycles. The lowest BCUT2D eigenvalue weighted by molar-refractivity contribution is 0.102. The third-order valence-corrected chi connectivity index (χ3v) is 8.25. The Morgan fingerprint density at radius 2 is 1.97 bits per heavy atom. The Labute approximate surface area is 179 Å². The molecule has 1 atom stereocenters. The van der Waals surface area contributed by atoms with E-state index in [9.17, 15) is 13.2 Å². The normalized spacial score (nSPS) is 17.7. The van der Waals surface area contributed by atoms with Gasteiger partial charge < -0.3 is 4.74 Å². The van der Waals surface area contributed by atoms with E-state index in [1.165, 1.54) is 35.6 Å². The summed E-state index contributed by atoms with van der Waals surface area (Å²) in [5, 5.41) is 3.24. The van der Waals surface area contributed by atoms with Gasteiger partial charge in [0.2, 0.25) is 10.0 Å². The van der Waals surface area contributed by atoms with Crippen molar-refractivity contribution in [3.63, 3.8) is 0 Å². The molecule has 1 N–H and O–H groups in total. The Morgan fingerprint density at radius 3 is 2.67 bits per heavy atom. The highest BCUT2D eigenvalue weighted by Crippen LogP contribution is 2.32. The van der Waals surface area contributed by atoms with Crippen LogP contribution in [0.15, 0.2) is 47.4 Å². The number of benzene rings is 2. The van der Waals surface area contributed by atoms with E-state index < -0.39 is 10.0 Å². The first-order valence-electron chi connectivity index (χ1n) is 9.77. The second kappa shape index (κ2) is 8.33. The van der Waals surface area contributed by atoms with Gasteiger partial charge in [-0.3, -0.25) is 10.1 Å². The zero-order valence-electron chi connectivity index (χ0n) is 16.8. The molecule has 3 aromatic rings. The van der Waals surface area contributed by atoms with Crippen molar-refractivity contribution in [3.8, 4) is 5.75 Å². The molecule has 1 aromatic heterocycles. The Hall–Kier alpha value is -2.49. The highest BCUT2D eigenvalue weighted by molar-refractivity contribution is 7.89. The predicted molar refractivity (Wildman–Crippen MR) is 118 cm³/mol. The monoisotopic (exact) mass is 445 g/mol. The molecular formula is C21H23N3O4S2. The number of rotatable bonds is 5. The number of methoxy groups -OCH3 is 1. The summed E-state index contributed by atoms with van der Waals surface area (Å²) in [7, 11) is -1.98. The number of nitrogens with zero attached hydrogens (tertiary/aromatic N) is 2. The molecule has 7 nitrogen and oxygen atoms in total. The van der Waals surface area contributed by atoms with Crippen LogP contribution in [-0.4, -0.2) is 43.3 Å². The summed E-state index contributed by atoms with van der Waals surface area (Å²) in [6, 6.07) is 11.6. The van der Waals surface area contributed by atoms with E-state index in [1.807, 2.05) is 25.1 Å². The van der Waals surface area contributed by atoms with Crippen LogP contribution >= 0.6 is 11.3 Å². The number of carbonyl (C=O) groups excluding carboxylic acids is 1. The maximum absolute atomic E-state index is 12.9. The molecule has 30 heavy (non-hydrogen) atoms. The number of hydrogen-bond donors (Lipinski definition) is 1. The van der Waals surface area contributed by atoms with E-state index >= 15 is 0 Å². The summed E-state index contributed by atoms with van der Waals surface area (Å²) >= 11 is 1.35. The molecule has 158 valence electrons. The molecule has 0 saturated carbocycles. The summed E-state index contributed by atoms with van der Waals surface area (Å²) in [5.74, 6) is 0.300. The molecule has 1 unspecified atom stereocenters. The first-order valence-corrected chi connectivity index (χ1v) is 12.0. The van der Waals surface area contributed by atoms with Gasteiger partial charge in [0, 0.05) is 18.2 Å². The molecule has 0 spiro atoms. The lowest BCUT2D eigenvalue weighted by atomic mass is 10.1. The molecule has 1 saturated heterocycles. The molecule has 4 rings (SSSR count). The van der Waals surface area contributed by atoms with Gasteiger partial charge in [-0.25, -0.2) is 13.4 Å². The molecule has 0 radical (unpaired) electrons. The molecule has 2 aromatic carbocycles. The van der Waals surface area contributed by atoms with Gasteiger partial charge in [-0.15, -0.1) is 0 Å². The number of para-hydroxylation sites is 1. The predicted octanol–water partition coefficient (Wildman–Crippen LogP) is 4.12. The van der Waals surface area contributed by atoms with E-state index in [0.29, 0.717) is 28.5 Å². The lowest BCUT2D eigenvalue weighted by Gasteiger charge is -2.32. The number of ether oxygens (including phenoxy) is 1. The Morgan fingerprint density at radius 1 is 1.20 bits per heavy atom. The van der Waals surface area contributed by atoms with Crippen molar-refractivity contribution in [3.05, 3.63) is 48.0 Å².